The van der Waals surface area contributed by atoms with Gasteiger partial charge < -0.3 is 33.5 Å². The molecule has 3 aliphatic rings. The van der Waals surface area contributed by atoms with Gasteiger partial charge in [0.1, 0.15) is 0 Å². The van der Waals surface area contributed by atoms with Crippen LogP contribution in [0.2, 0.25) is 0 Å². The number of hydrogen-bond donors (Lipinski definition) is 0. The summed E-state index contributed by atoms with van der Waals surface area (Å²) in [6.07, 6.45) is 12.2. The number of nitrogens with zero attached hydrogens (tertiary/aromatic N) is 3. The highest BCUT2D eigenvalue weighted by molar-refractivity contribution is 6.03. The summed E-state index contributed by atoms with van der Waals surface area (Å²) in [6.45, 7) is 4.34. The Kier molecular flexibility index (Phi) is 11.1. The van der Waals surface area contributed by atoms with Gasteiger partial charge in [0.05, 0.1) is 57.9 Å². The van der Waals surface area contributed by atoms with Gasteiger partial charge in [-0.25, -0.2) is 0 Å². The summed E-state index contributed by atoms with van der Waals surface area (Å²) in [4.78, 5) is 33.7. The van der Waals surface area contributed by atoms with E-state index in [4.69, 9.17) is 23.7 Å². The lowest BCUT2D eigenvalue weighted by Gasteiger charge is -2.25. The van der Waals surface area contributed by atoms with Gasteiger partial charge in [-0.15, -0.1) is 0 Å². The first-order valence-electron chi connectivity index (χ1n) is 15.6. The van der Waals surface area contributed by atoms with Crippen LogP contribution in [0, 0.1) is 0 Å². The number of ether oxygens (including phenoxy) is 5. The maximum atomic E-state index is 13.0. The first-order valence-corrected chi connectivity index (χ1v) is 15.6. The second-order valence-electron chi connectivity index (χ2n) is 11.2. The molecule has 3 aliphatic heterocycles. The second-order valence-corrected chi connectivity index (χ2v) is 11.2. The van der Waals surface area contributed by atoms with Gasteiger partial charge in [-0.05, 0) is 55.5 Å². The molecule has 1 atom stereocenters. The monoisotopic (exact) mass is 605 g/mol. The predicted molar refractivity (Wildman–Crippen MR) is 169 cm³/mol. The molecule has 0 aromatic heterocycles. The molecule has 44 heavy (non-hydrogen) atoms. The lowest BCUT2D eigenvalue weighted by molar-refractivity contribution is -0.129. The molecule has 10 nitrogen and oxygen atoms in total. The van der Waals surface area contributed by atoms with Crippen LogP contribution in [-0.4, -0.2) is 94.2 Å². The van der Waals surface area contributed by atoms with E-state index in [1.54, 1.807) is 37.3 Å². The zero-order chi connectivity index (χ0) is 30.7. The van der Waals surface area contributed by atoms with E-state index in [2.05, 4.69) is 4.99 Å². The van der Waals surface area contributed by atoms with Crippen molar-refractivity contribution in [3.63, 3.8) is 0 Å². The Hall–Kier alpha value is -4.05. The van der Waals surface area contributed by atoms with Crippen LogP contribution < -0.4 is 18.9 Å². The van der Waals surface area contributed by atoms with Crippen molar-refractivity contribution < 1.29 is 33.3 Å². The average Bonchev–Trinajstić information content (AvgIpc) is 3.49. The zero-order valence-electron chi connectivity index (χ0n) is 25.8. The van der Waals surface area contributed by atoms with Crippen LogP contribution in [0.4, 0.5) is 5.69 Å². The van der Waals surface area contributed by atoms with E-state index in [0.717, 1.165) is 57.1 Å². The van der Waals surface area contributed by atoms with Crippen molar-refractivity contribution in [2.75, 3.05) is 60.3 Å². The molecule has 0 unspecified atom stereocenters. The minimum absolute atomic E-state index is 0.00856. The molecule has 236 valence electrons. The molecule has 2 amide bonds. The summed E-state index contributed by atoms with van der Waals surface area (Å²) < 4.78 is 28.4. The molecule has 5 rings (SSSR count). The van der Waals surface area contributed by atoms with Crippen molar-refractivity contribution in [3.05, 3.63) is 47.5 Å². The maximum absolute atomic E-state index is 13.0. The second kappa shape index (κ2) is 15.6. The number of benzene rings is 2. The van der Waals surface area contributed by atoms with Crippen molar-refractivity contribution in [2.24, 2.45) is 4.99 Å². The molecule has 0 aliphatic carbocycles. The highest BCUT2D eigenvalue weighted by Crippen LogP contribution is 2.38. The number of fused-ring (bicyclic) bond motifs is 2. The van der Waals surface area contributed by atoms with E-state index in [1.807, 2.05) is 35.4 Å². The summed E-state index contributed by atoms with van der Waals surface area (Å²) >= 11 is 0. The average molecular weight is 606 g/mol. The van der Waals surface area contributed by atoms with Crippen LogP contribution in [-0.2, 0) is 9.53 Å². The minimum Gasteiger partial charge on any atom is -0.493 e. The Morgan fingerprint density at radius 2 is 1.61 bits per heavy atom. The summed E-state index contributed by atoms with van der Waals surface area (Å²) in [6, 6.07) is 9.35. The molecular weight excluding hydrogens is 562 g/mol. The highest BCUT2D eigenvalue weighted by atomic mass is 16.5. The van der Waals surface area contributed by atoms with Crippen molar-refractivity contribution in [3.8, 4) is 23.0 Å². The molecule has 10 heteroatoms. The topological polar surface area (TPSA) is 99.1 Å². The molecule has 0 saturated carbocycles. The Morgan fingerprint density at radius 1 is 0.909 bits per heavy atom. The molecule has 2 aromatic rings. The number of methoxy groups -OCH3 is 2. The third kappa shape index (κ3) is 7.91. The SMILES string of the molecule is COc1cc(/C=C/C(=O)N2CCOCC2)ccc1OCCCCCCCOc1cc2c(cc1OC)C(=O)N1CCC[C@H]1C=N2. The van der Waals surface area contributed by atoms with Crippen LogP contribution in [0.3, 0.4) is 0 Å². The summed E-state index contributed by atoms with van der Waals surface area (Å²) in [5.74, 6) is 2.51. The molecule has 3 heterocycles. The van der Waals surface area contributed by atoms with Gasteiger partial charge in [0.15, 0.2) is 23.0 Å². The first kappa shape index (κ1) is 31.4. The fourth-order valence-electron chi connectivity index (χ4n) is 5.68. The quantitative estimate of drug-likeness (QED) is 0.213. The molecule has 2 fully saturated rings. The van der Waals surface area contributed by atoms with E-state index < -0.39 is 0 Å². The Morgan fingerprint density at radius 3 is 2.36 bits per heavy atom. The van der Waals surface area contributed by atoms with Gasteiger partial charge in [0.25, 0.3) is 5.91 Å². The molecule has 2 aromatic carbocycles. The highest BCUT2D eigenvalue weighted by Gasteiger charge is 2.32. The lowest BCUT2D eigenvalue weighted by atomic mass is 10.1. The van der Waals surface area contributed by atoms with Gasteiger partial charge in [-0.1, -0.05) is 25.3 Å². The van der Waals surface area contributed by atoms with Crippen LogP contribution in [0.15, 0.2) is 41.4 Å². The number of hydrogen-bond acceptors (Lipinski definition) is 8. The molecule has 0 bridgehead atoms. The van der Waals surface area contributed by atoms with E-state index in [1.165, 1.54) is 0 Å². The Balaban J connectivity index is 1.00. The van der Waals surface area contributed by atoms with Gasteiger partial charge in [-0.2, -0.15) is 0 Å². The molecule has 2 saturated heterocycles. The number of aliphatic imine (C=N–C) groups is 1. The van der Waals surface area contributed by atoms with E-state index in [9.17, 15) is 9.59 Å². The standard InChI is InChI=1S/C34H43N3O7/c1-40-30-21-25(11-13-33(38)36-15-19-42-20-16-36)10-12-29(30)43-17-6-4-3-5-7-18-44-32-23-28-27(22-31(32)41-2)34(39)37-14-8-9-26(37)24-35-28/h10-13,21-24,26H,3-9,14-20H2,1-2H3/b13-11+/t26-/m0/s1. The van der Waals surface area contributed by atoms with Crippen LogP contribution in [0.1, 0.15) is 60.9 Å². The largest absolute Gasteiger partial charge is 0.493 e. The van der Waals surface area contributed by atoms with Crippen LogP contribution in [0.5, 0.6) is 23.0 Å². The smallest absolute Gasteiger partial charge is 0.256 e. The van der Waals surface area contributed by atoms with Crippen LogP contribution in [0.25, 0.3) is 6.08 Å². The summed E-state index contributed by atoms with van der Waals surface area (Å²) in [5.41, 5.74) is 2.09. The van der Waals surface area contributed by atoms with Crippen LogP contribution >= 0.6 is 0 Å². The summed E-state index contributed by atoms with van der Waals surface area (Å²) in [7, 11) is 3.21. The molecule has 0 spiro atoms. The predicted octanol–water partition coefficient (Wildman–Crippen LogP) is 5.30. The molecule has 0 radical (unpaired) electrons. The molecular formula is C34H43N3O7. The Bertz CT molecular complexity index is 1350. The fraction of sp³-hybridized carbons (Fsp3) is 0.500. The number of amides is 2. The fourth-order valence-corrected chi connectivity index (χ4v) is 5.68. The van der Waals surface area contributed by atoms with Crippen molar-refractivity contribution in [2.45, 2.75) is 51.0 Å². The van der Waals surface area contributed by atoms with Gasteiger partial charge in [-0.3, -0.25) is 14.6 Å². The van der Waals surface area contributed by atoms with Gasteiger partial charge >= 0.3 is 0 Å². The van der Waals surface area contributed by atoms with E-state index in [-0.39, 0.29) is 17.9 Å². The minimum atomic E-state index is -0.0134. The van der Waals surface area contributed by atoms with Crippen molar-refractivity contribution in [1.82, 2.24) is 9.80 Å². The van der Waals surface area contributed by atoms with E-state index in [0.29, 0.717) is 73.8 Å². The van der Waals surface area contributed by atoms with Crippen molar-refractivity contribution >= 4 is 29.8 Å². The van der Waals surface area contributed by atoms with Gasteiger partial charge in [0, 0.05) is 38.0 Å². The zero-order valence-corrected chi connectivity index (χ0v) is 25.8. The first-order chi connectivity index (χ1) is 21.6. The van der Waals surface area contributed by atoms with Gasteiger partial charge in [0.2, 0.25) is 5.91 Å². The third-order valence-electron chi connectivity index (χ3n) is 8.19. The normalized spacial score (nSPS) is 17.8. The number of morpholine rings is 1. The maximum Gasteiger partial charge on any atom is 0.256 e. The Labute approximate surface area is 259 Å². The number of carbonyl (C=O) groups is 2. The van der Waals surface area contributed by atoms with E-state index >= 15 is 0 Å². The third-order valence-corrected chi connectivity index (χ3v) is 8.19. The number of unbranched alkanes of at least 4 members (excludes halogenated alkanes) is 4. The molecule has 0 N–H and O–H groups in total. The lowest BCUT2D eigenvalue weighted by Crippen LogP contribution is -2.39. The van der Waals surface area contributed by atoms with Crippen molar-refractivity contribution in [1.29, 1.82) is 0 Å². The number of rotatable bonds is 14. The number of carbonyl (C=O) groups excluding carboxylic acids is 2. The summed E-state index contributed by atoms with van der Waals surface area (Å²) in [5, 5.41) is 0.